The van der Waals surface area contributed by atoms with E-state index >= 15 is 0 Å². The molecule has 12 heteroatoms. The fourth-order valence-corrected chi connectivity index (χ4v) is 4.56. The SMILES string of the molecule is Cc1nc2n(n1)CCN(C(=O)c1ccc3n[nH]nc3c1)CCCC(=O)N(C)[C@@H](C)C(=O)N[C@@H]2CC(C)C. The number of carbonyl (C=O) groups is 3. The average molecular weight is 510 g/mol. The molecule has 1 aliphatic rings. The van der Waals surface area contributed by atoms with Gasteiger partial charge in [0.25, 0.3) is 5.91 Å². The topological polar surface area (TPSA) is 142 Å². The van der Waals surface area contributed by atoms with E-state index in [4.69, 9.17) is 0 Å². The molecule has 2 aromatic heterocycles. The van der Waals surface area contributed by atoms with Crippen LogP contribution in [0, 0.1) is 12.8 Å². The van der Waals surface area contributed by atoms with Crippen LogP contribution < -0.4 is 5.32 Å². The summed E-state index contributed by atoms with van der Waals surface area (Å²) in [6.07, 6.45) is 1.35. The number of aromatic amines is 1. The number of nitrogens with zero attached hydrogens (tertiary/aromatic N) is 7. The number of rotatable bonds is 3. The van der Waals surface area contributed by atoms with Gasteiger partial charge in [-0.25, -0.2) is 9.67 Å². The predicted molar refractivity (Wildman–Crippen MR) is 136 cm³/mol. The van der Waals surface area contributed by atoms with Gasteiger partial charge >= 0.3 is 0 Å². The first-order chi connectivity index (χ1) is 17.6. The third-order valence-corrected chi connectivity index (χ3v) is 6.75. The molecular formula is C25H35N9O3. The number of fused-ring (bicyclic) bond motifs is 2. The summed E-state index contributed by atoms with van der Waals surface area (Å²) < 4.78 is 1.79. The van der Waals surface area contributed by atoms with Gasteiger partial charge in [0.1, 0.15) is 28.7 Å². The third kappa shape index (κ3) is 5.95. The molecule has 2 atom stereocenters. The molecule has 198 valence electrons. The van der Waals surface area contributed by atoms with Crippen LogP contribution >= 0.6 is 0 Å². The van der Waals surface area contributed by atoms with Crippen molar-refractivity contribution in [2.24, 2.45) is 5.92 Å². The van der Waals surface area contributed by atoms with E-state index in [0.29, 0.717) is 60.7 Å². The van der Waals surface area contributed by atoms with Crippen molar-refractivity contribution in [3.63, 3.8) is 0 Å². The van der Waals surface area contributed by atoms with Crippen molar-refractivity contribution in [3.05, 3.63) is 35.4 Å². The number of likely N-dealkylation sites (N-methyl/N-ethyl adjacent to an activating group) is 1. The molecule has 0 saturated heterocycles. The van der Waals surface area contributed by atoms with E-state index in [-0.39, 0.29) is 36.1 Å². The maximum atomic E-state index is 13.5. The number of carbonyl (C=O) groups excluding carboxylic acids is 3. The number of benzene rings is 1. The van der Waals surface area contributed by atoms with Crippen molar-refractivity contribution in [3.8, 4) is 0 Å². The molecule has 0 radical (unpaired) electrons. The maximum absolute atomic E-state index is 13.5. The Balaban J connectivity index is 1.66. The number of H-pyrrole nitrogens is 1. The van der Waals surface area contributed by atoms with Crippen molar-refractivity contribution in [1.29, 1.82) is 0 Å². The lowest BCUT2D eigenvalue weighted by Gasteiger charge is -2.29. The summed E-state index contributed by atoms with van der Waals surface area (Å²) in [4.78, 5) is 47.3. The first-order valence-electron chi connectivity index (χ1n) is 12.7. The molecule has 4 rings (SSSR count). The fourth-order valence-electron chi connectivity index (χ4n) is 4.56. The minimum absolute atomic E-state index is 0.143. The van der Waals surface area contributed by atoms with Crippen LogP contribution in [0.2, 0.25) is 0 Å². The van der Waals surface area contributed by atoms with Gasteiger partial charge in [-0.1, -0.05) is 13.8 Å². The summed E-state index contributed by atoms with van der Waals surface area (Å²) in [7, 11) is 1.64. The summed E-state index contributed by atoms with van der Waals surface area (Å²) >= 11 is 0. The molecule has 1 aromatic carbocycles. The van der Waals surface area contributed by atoms with Crippen molar-refractivity contribution >= 4 is 28.8 Å². The van der Waals surface area contributed by atoms with E-state index in [2.05, 4.69) is 44.7 Å². The van der Waals surface area contributed by atoms with Crippen LogP contribution in [0.3, 0.4) is 0 Å². The largest absolute Gasteiger partial charge is 0.344 e. The van der Waals surface area contributed by atoms with Gasteiger partial charge in [0.2, 0.25) is 11.8 Å². The predicted octanol–water partition coefficient (Wildman–Crippen LogP) is 1.84. The zero-order chi connectivity index (χ0) is 26.7. The molecular weight excluding hydrogens is 474 g/mol. The van der Waals surface area contributed by atoms with Gasteiger partial charge in [-0.2, -0.15) is 20.5 Å². The minimum Gasteiger partial charge on any atom is -0.344 e. The monoisotopic (exact) mass is 509 g/mol. The van der Waals surface area contributed by atoms with Crippen LogP contribution in [-0.2, 0) is 16.1 Å². The van der Waals surface area contributed by atoms with E-state index in [1.807, 2.05) is 6.92 Å². The van der Waals surface area contributed by atoms with E-state index in [0.717, 1.165) is 0 Å². The quantitative estimate of drug-likeness (QED) is 0.549. The Morgan fingerprint density at radius 3 is 2.65 bits per heavy atom. The van der Waals surface area contributed by atoms with E-state index < -0.39 is 6.04 Å². The summed E-state index contributed by atoms with van der Waals surface area (Å²) in [5, 5.41) is 18.4. The van der Waals surface area contributed by atoms with Crippen LogP contribution in [0.4, 0.5) is 0 Å². The second-order valence-electron chi connectivity index (χ2n) is 10.0. The zero-order valence-electron chi connectivity index (χ0n) is 22.1. The van der Waals surface area contributed by atoms with Crippen molar-refractivity contribution < 1.29 is 14.4 Å². The molecule has 0 fully saturated rings. The molecule has 3 amide bonds. The number of aromatic nitrogens is 6. The fraction of sp³-hybridized carbons (Fsp3) is 0.560. The van der Waals surface area contributed by atoms with Crippen LogP contribution in [0.5, 0.6) is 0 Å². The van der Waals surface area contributed by atoms with Crippen molar-refractivity contribution in [1.82, 2.24) is 45.3 Å². The van der Waals surface area contributed by atoms with Crippen LogP contribution in [0.25, 0.3) is 11.0 Å². The lowest BCUT2D eigenvalue weighted by molar-refractivity contribution is -0.138. The van der Waals surface area contributed by atoms with Gasteiger partial charge in [-0.3, -0.25) is 14.4 Å². The molecule has 0 spiro atoms. The lowest BCUT2D eigenvalue weighted by atomic mass is 10.0. The Hall–Kier alpha value is -3.83. The van der Waals surface area contributed by atoms with Gasteiger partial charge in [0.05, 0.1) is 12.6 Å². The normalized spacial score (nSPS) is 20.2. The zero-order valence-corrected chi connectivity index (χ0v) is 22.1. The molecule has 37 heavy (non-hydrogen) atoms. The molecule has 12 nitrogen and oxygen atoms in total. The molecule has 0 bridgehead atoms. The Labute approximate surface area is 215 Å². The van der Waals surface area contributed by atoms with Gasteiger partial charge in [0, 0.05) is 32.1 Å². The average Bonchev–Trinajstić information content (AvgIpc) is 3.48. The Morgan fingerprint density at radius 1 is 1.14 bits per heavy atom. The first kappa shape index (κ1) is 26.2. The molecule has 3 heterocycles. The first-order valence-corrected chi connectivity index (χ1v) is 12.7. The van der Waals surface area contributed by atoms with E-state index in [1.54, 1.807) is 41.8 Å². The van der Waals surface area contributed by atoms with Crippen LogP contribution in [0.1, 0.15) is 68.1 Å². The Morgan fingerprint density at radius 2 is 1.89 bits per heavy atom. The lowest BCUT2D eigenvalue weighted by Crippen LogP contribution is -2.47. The summed E-state index contributed by atoms with van der Waals surface area (Å²) in [5.41, 5.74) is 1.79. The number of amides is 3. The summed E-state index contributed by atoms with van der Waals surface area (Å²) in [6, 6.07) is 4.19. The molecule has 0 saturated carbocycles. The highest BCUT2D eigenvalue weighted by molar-refractivity contribution is 5.97. The molecule has 0 aliphatic carbocycles. The molecule has 1 aliphatic heterocycles. The van der Waals surface area contributed by atoms with E-state index in [9.17, 15) is 14.4 Å². The minimum atomic E-state index is -0.644. The number of hydrogen-bond donors (Lipinski definition) is 2. The Bertz CT molecular complexity index is 1280. The van der Waals surface area contributed by atoms with Crippen molar-refractivity contribution in [2.45, 2.75) is 65.6 Å². The van der Waals surface area contributed by atoms with Gasteiger partial charge in [-0.05, 0) is 50.8 Å². The second-order valence-corrected chi connectivity index (χ2v) is 10.0. The van der Waals surface area contributed by atoms with Crippen LogP contribution in [-0.4, -0.2) is 83.9 Å². The molecule has 0 unspecified atom stereocenters. The summed E-state index contributed by atoms with van der Waals surface area (Å²) in [5.74, 6) is 0.998. The standard InChI is InChI=1S/C25H35N9O3/c1-15(2)13-21-23-26-17(4)30-34(23)12-11-33(10-6-7-22(35)32(5)16(3)24(36)27-21)25(37)18-8-9-19-20(14-18)29-31-28-19/h8-9,14-16,21H,6-7,10-13H2,1-5H3,(H,27,36)(H,28,29,31)/t16-,21+/m0/s1. The number of hydrogen-bond acceptors (Lipinski definition) is 7. The second kappa shape index (κ2) is 11.1. The molecule has 2 N–H and O–H groups in total. The number of nitrogens with one attached hydrogen (secondary N) is 2. The Kier molecular flexibility index (Phi) is 7.84. The van der Waals surface area contributed by atoms with Gasteiger partial charge in [0.15, 0.2) is 0 Å². The molecule has 3 aromatic rings. The highest BCUT2D eigenvalue weighted by Crippen LogP contribution is 2.22. The highest BCUT2D eigenvalue weighted by atomic mass is 16.2. The smallest absolute Gasteiger partial charge is 0.253 e. The maximum Gasteiger partial charge on any atom is 0.253 e. The summed E-state index contributed by atoms with van der Waals surface area (Å²) in [6.45, 7) is 8.85. The highest BCUT2D eigenvalue weighted by Gasteiger charge is 2.29. The number of aryl methyl sites for hydroxylation is 1. The van der Waals surface area contributed by atoms with E-state index in [1.165, 1.54) is 4.90 Å². The van der Waals surface area contributed by atoms with Gasteiger partial charge in [-0.15, -0.1) is 0 Å². The van der Waals surface area contributed by atoms with Crippen molar-refractivity contribution in [2.75, 3.05) is 20.1 Å². The van der Waals surface area contributed by atoms with Gasteiger partial charge < -0.3 is 15.1 Å². The van der Waals surface area contributed by atoms with Crippen LogP contribution in [0.15, 0.2) is 18.2 Å². The third-order valence-electron chi connectivity index (χ3n) is 6.75.